The molecule has 1 atom stereocenters. The van der Waals surface area contributed by atoms with Crippen LogP contribution < -0.4 is 5.32 Å². The van der Waals surface area contributed by atoms with E-state index in [1.165, 1.54) is 5.56 Å². The fourth-order valence-electron chi connectivity index (χ4n) is 2.85. The third-order valence-electron chi connectivity index (χ3n) is 4.59. The smallest absolute Gasteiger partial charge is 0.311 e. The largest absolute Gasteiger partial charge is 0.396 e. The van der Waals surface area contributed by atoms with E-state index < -0.39 is 11.8 Å². The number of aliphatic hydroxyl groups excluding tert-OH is 1. The molecule has 0 aromatic heterocycles. The lowest BCUT2D eigenvalue weighted by Crippen LogP contribution is -2.47. The first-order chi connectivity index (χ1) is 11.0. The van der Waals surface area contributed by atoms with E-state index in [9.17, 15) is 9.59 Å². The van der Waals surface area contributed by atoms with E-state index in [-0.39, 0.29) is 18.6 Å². The minimum atomic E-state index is -0.556. The van der Waals surface area contributed by atoms with Crippen molar-refractivity contribution < 1.29 is 14.7 Å². The Morgan fingerprint density at radius 3 is 2.39 bits per heavy atom. The highest BCUT2D eigenvalue weighted by atomic mass is 16.3. The van der Waals surface area contributed by atoms with E-state index in [1.54, 1.807) is 4.90 Å². The van der Waals surface area contributed by atoms with Gasteiger partial charge in [0.15, 0.2) is 0 Å². The van der Waals surface area contributed by atoms with E-state index in [0.29, 0.717) is 13.1 Å². The van der Waals surface area contributed by atoms with Gasteiger partial charge >= 0.3 is 11.8 Å². The number of likely N-dealkylation sites (tertiary alicyclic amines) is 1. The average Bonchev–Trinajstić information content (AvgIpc) is 2.61. The molecule has 1 heterocycles. The first-order valence-corrected chi connectivity index (χ1v) is 8.34. The molecule has 1 aromatic rings. The Balaban J connectivity index is 1.88. The first-order valence-electron chi connectivity index (χ1n) is 8.34. The molecule has 0 radical (unpaired) electrons. The monoisotopic (exact) mass is 318 g/mol. The molecule has 2 rings (SSSR count). The lowest BCUT2D eigenvalue weighted by molar-refractivity contribution is -0.147. The Bertz CT molecular complexity index is 534. The van der Waals surface area contributed by atoms with Crippen molar-refractivity contribution in [3.63, 3.8) is 0 Å². The molecule has 0 saturated carbocycles. The van der Waals surface area contributed by atoms with E-state index in [4.69, 9.17) is 5.11 Å². The molecular weight excluding hydrogens is 292 g/mol. The van der Waals surface area contributed by atoms with Gasteiger partial charge in [0.25, 0.3) is 0 Å². The minimum absolute atomic E-state index is 0.152. The van der Waals surface area contributed by atoms with Gasteiger partial charge in [-0.3, -0.25) is 9.59 Å². The predicted molar refractivity (Wildman–Crippen MR) is 88.8 cm³/mol. The molecule has 2 N–H and O–H groups in total. The van der Waals surface area contributed by atoms with Crippen molar-refractivity contribution in [2.24, 2.45) is 5.92 Å². The van der Waals surface area contributed by atoms with Crippen LogP contribution in [0.25, 0.3) is 0 Å². The highest BCUT2D eigenvalue weighted by molar-refractivity contribution is 6.35. The maximum Gasteiger partial charge on any atom is 0.311 e. The van der Waals surface area contributed by atoms with Gasteiger partial charge in [-0.1, -0.05) is 31.2 Å². The van der Waals surface area contributed by atoms with Gasteiger partial charge < -0.3 is 15.3 Å². The summed E-state index contributed by atoms with van der Waals surface area (Å²) in [6.07, 6.45) is 2.48. The molecule has 2 amide bonds. The molecule has 23 heavy (non-hydrogen) atoms. The van der Waals surface area contributed by atoms with Crippen molar-refractivity contribution in [1.82, 2.24) is 10.2 Å². The molecule has 5 heteroatoms. The number of nitrogens with one attached hydrogen (secondary N) is 1. The van der Waals surface area contributed by atoms with Crippen molar-refractivity contribution >= 4 is 11.8 Å². The summed E-state index contributed by atoms with van der Waals surface area (Å²) in [5.74, 6) is -0.781. The van der Waals surface area contributed by atoms with Gasteiger partial charge in [0.2, 0.25) is 0 Å². The summed E-state index contributed by atoms with van der Waals surface area (Å²) in [4.78, 5) is 25.9. The number of carbonyl (C=O) groups is 2. The third kappa shape index (κ3) is 4.55. The summed E-state index contributed by atoms with van der Waals surface area (Å²) in [7, 11) is 0. The van der Waals surface area contributed by atoms with Crippen LogP contribution in [0.2, 0.25) is 0 Å². The number of rotatable bonds is 4. The second-order valence-corrected chi connectivity index (χ2v) is 6.21. The van der Waals surface area contributed by atoms with Gasteiger partial charge in [-0.15, -0.1) is 0 Å². The summed E-state index contributed by atoms with van der Waals surface area (Å²) in [5, 5.41) is 11.9. The second kappa shape index (κ2) is 8.11. The van der Waals surface area contributed by atoms with Gasteiger partial charge in [0.05, 0.1) is 6.04 Å². The molecular formula is C18H26N2O3. The molecule has 0 bridgehead atoms. The van der Waals surface area contributed by atoms with Crippen LogP contribution in [0.15, 0.2) is 24.3 Å². The van der Waals surface area contributed by atoms with Crippen molar-refractivity contribution in [2.45, 2.75) is 39.2 Å². The normalized spacial score (nSPS) is 16.9. The number of nitrogens with zero attached hydrogens (tertiary/aromatic N) is 1. The van der Waals surface area contributed by atoms with Gasteiger partial charge in [0.1, 0.15) is 0 Å². The Labute approximate surface area is 137 Å². The molecule has 0 spiro atoms. The Hall–Kier alpha value is -1.88. The van der Waals surface area contributed by atoms with Crippen LogP contribution >= 0.6 is 0 Å². The van der Waals surface area contributed by atoms with Gasteiger partial charge in [0, 0.05) is 19.7 Å². The van der Waals surface area contributed by atoms with Crippen molar-refractivity contribution in [1.29, 1.82) is 0 Å². The highest BCUT2D eigenvalue weighted by Gasteiger charge is 2.27. The Morgan fingerprint density at radius 2 is 1.87 bits per heavy atom. The zero-order valence-electron chi connectivity index (χ0n) is 13.9. The van der Waals surface area contributed by atoms with Crippen molar-refractivity contribution in [3.8, 4) is 0 Å². The first kappa shape index (κ1) is 17.5. The van der Waals surface area contributed by atoms with Crippen molar-refractivity contribution in [3.05, 3.63) is 35.4 Å². The standard InChI is InChI=1S/C18H26N2O3/c1-3-14-4-6-16(7-5-14)13(2)19-17(22)18(23)20-10-8-15(12-21)9-11-20/h4-7,13,15,21H,3,8-12H2,1-2H3,(H,19,22)/t13-/m0/s1. The summed E-state index contributed by atoms with van der Waals surface area (Å²) in [5.41, 5.74) is 2.23. The molecule has 5 nitrogen and oxygen atoms in total. The highest BCUT2D eigenvalue weighted by Crippen LogP contribution is 2.17. The Kier molecular flexibility index (Phi) is 6.16. The predicted octanol–water partition coefficient (Wildman–Crippen LogP) is 1.66. The lowest BCUT2D eigenvalue weighted by Gasteiger charge is -2.30. The number of carbonyl (C=O) groups excluding carboxylic acids is 2. The number of benzene rings is 1. The number of aliphatic hydroxyl groups is 1. The number of hydrogen-bond acceptors (Lipinski definition) is 3. The Morgan fingerprint density at radius 1 is 1.26 bits per heavy atom. The van der Waals surface area contributed by atoms with Gasteiger partial charge in [-0.2, -0.15) is 0 Å². The van der Waals surface area contributed by atoms with Crippen LogP contribution in [0.4, 0.5) is 0 Å². The second-order valence-electron chi connectivity index (χ2n) is 6.21. The lowest BCUT2D eigenvalue weighted by atomic mass is 9.98. The van der Waals surface area contributed by atoms with E-state index in [1.807, 2.05) is 31.2 Å². The van der Waals surface area contributed by atoms with E-state index >= 15 is 0 Å². The maximum absolute atomic E-state index is 12.2. The van der Waals surface area contributed by atoms with Crippen LogP contribution in [-0.4, -0.2) is 41.5 Å². The third-order valence-corrected chi connectivity index (χ3v) is 4.59. The zero-order chi connectivity index (χ0) is 16.8. The fraction of sp³-hybridized carbons (Fsp3) is 0.556. The minimum Gasteiger partial charge on any atom is -0.396 e. The van der Waals surface area contributed by atoms with Crippen LogP contribution in [0.1, 0.15) is 43.9 Å². The van der Waals surface area contributed by atoms with Crippen LogP contribution in [0.5, 0.6) is 0 Å². The van der Waals surface area contributed by atoms with Gasteiger partial charge in [-0.25, -0.2) is 0 Å². The topological polar surface area (TPSA) is 69.6 Å². The molecule has 1 saturated heterocycles. The molecule has 1 aromatic carbocycles. The molecule has 126 valence electrons. The number of amides is 2. The maximum atomic E-state index is 12.2. The summed E-state index contributed by atoms with van der Waals surface area (Å²) >= 11 is 0. The number of hydrogen-bond donors (Lipinski definition) is 2. The van der Waals surface area contributed by atoms with Crippen LogP contribution in [0, 0.1) is 5.92 Å². The molecule has 1 aliphatic heterocycles. The SMILES string of the molecule is CCc1ccc([C@H](C)NC(=O)C(=O)N2CCC(CO)CC2)cc1. The summed E-state index contributed by atoms with van der Waals surface area (Å²) in [6, 6.07) is 7.85. The van der Waals surface area contributed by atoms with Gasteiger partial charge in [-0.05, 0) is 43.2 Å². The summed E-state index contributed by atoms with van der Waals surface area (Å²) in [6.45, 7) is 5.20. The molecule has 0 aliphatic carbocycles. The van der Waals surface area contributed by atoms with Crippen LogP contribution in [0.3, 0.4) is 0 Å². The van der Waals surface area contributed by atoms with E-state index in [0.717, 1.165) is 24.8 Å². The number of aryl methyl sites for hydroxylation is 1. The number of piperidine rings is 1. The molecule has 1 aliphatic rings. The van der Waals surface area contributed by atoms with Crippen molar-refractivity contribution in [2.75, 3.05) is 19.7 Å². The zero-order valence-corrected chi connectivity index (χ0v) is 13.9. The molecule has 0 unspecified atom stereocenters. The summed E-state index contributed by atoms with van der Waals surface area (Å²) < 4.78 is 0. The van der Waals surface area contributed by atoms with E-state index in [2.05, 4.69) is 12.2 Å². The quantitative estimate of drug-likeness (QED) is 0.830. The molecule has 1 fully saturated rings. The van der Waals surface area contributed by atoms with Crippen LogP contribution in [-0.2, 0) is 16.0 Å². The average molecular weight is 318 g/mol. The fourth-order valence-corrected chi connectivity index (χ4v) is 2.85.